The second-order valence-electron chi connectivity index (χ2n) is 8.71. The Morgan fingerprint density at radius 3 is 2.62 bits per heavy atom. The molecule has 180 valence electrons. The standard InChI is InChI=1S/C26H31N3O5/c1-16(2)11-13-34-20-10-9-17(15-21(20)33-4)25-22-23(18-7-5-6-8-19(18)30)27-28-24(22)26(31)29(25)12-14-32-3/h5-10,15-16,25,30H,11-14H2,1-4H3,(H,27,28). The van der Waals surface area contributed by atoms with Crippen LogP contribution in [0.2, 0.25) is 0 Å². The first-order valence-corrected chi connectivity index (χ1v) is 11.4. The molecule has 0 saturated carbocycles. The fourth-order valence-electron chi connectivity index (χ4n) is 4.22. The number of methoxy groups -OCH3 is 2. The van der Waals surface area contributed by atoms with Gasteiger partial charge in [0, 0.05) is 24.8 Å². The number of aromatic hydroxyl groups is 1. The maximum atomic E-state index is 13.3. The number of aromatic amines is 1. The molecule has 1 aliphatic heterocycles. The number of aromatic nitrogens is 2. The van der Waals surface area contributed by atoms with Gasteiger partial charge in [-0.2, -0.15) is 5.10 Å². The number of fused-ring (bicyclic) bond motifs is 1. The minimum atomic E-state index is -0.426. The Morgan fingerprint density at radius 1 is 1.12 bits per heavy atom. The Labute approximate surface area is 199 Å². The van der Waals surface area contributed by atoms with Gasteiger partial charge >= 0.3 is 0 Å². The summed E-state index contributed by atoms with van der Waals surface area (Å²) in [6, 6.07) is 12.3. The highest BCUT2D eigenvalue weighted by molar-refractivity contribution is 6.00. The van der Waals surface area contributed by atoms with E-state index in [2.05, 4.69) is 24.0 Å². The van der Waals surface area contributed by atoms with Crippen LogP contribution in [-0.2, 0) is 4.74 Å². The van der Waals surface area contributed by atoms with Crippen molar-refractivity contribution in [2.24, 2.45) is 5.92 Å². The third-order valence-electron chi connectivity index (χ3n) is 6.02. The molecule has 2 N–H and O–H groups in total. The van der Waals surface area contributed by atoms with Crippen molar-refractivity contribution in [1.29, 1.82) is 0 Å². The van der Waals surface area contributed by atoms with Crippen molar-refractivity contribution in [3.8, 4) is 28.5 Å². The summed E-state index contributed by atoms with van der Waals surface area (Å²) in [6.07, 6.45) is 0.940. The summed E-state index contributed by atoms with van der Waals surface area (Å²) < 4.78 is 16.9. The zero-order valence-corrected chi connectivity index (χ0v) is 20.0. The Kier molecular flexibility index (Phi) is 7.07. The van der Waals surface area contributed by atoms with Crippen LogP contribution in [-0.4, -0.2) is 60.1 Å². The molecule has 34 heavy (non-hydrogen) atoms. The number of nitrogens with zero attached hydrogens (tertiary/aromatic N) is 2. The molecule has 0 radical (unpaired) electrons. The number of hydrogen-bond acceptors (Lipinski definition) is 6. The average Bonchev–Trinajstić information content (AvgIpc) is 3.37. The molecule has 8 nitrogen and oxygen atoms in total. The number of carbonyl (C=O) groups excluding carboxylic acids is 1. The average molecular weight is 466 g/mol. The lowest BCUT2D eigenvalue weighted by atomic mass is 9.95. The van der Waals surface area contributed by atoms with E-state index in [-0.39, 0.29) is 11.7 Å². The van der Waals surface area contributed by atoms with Gasteiger partial charge in [-0.3, -0.25) is 9.89 Å². The SMILES string of the molecule is COCCN1C(=O)c2[nH]nc(-c3ccccc3O)c2C1c1ccc(OCCC(C)C)c(OC)c1. The van der Waals surface area contributed by atoms with Gasteiger partial charge in [0.25, 0.3) is 5.91 Å². The van der Waals surface area contributed by atoms with Crippen molar-refractivity contribution >= 4 is 5.91 Å². The lowest BCUT2D eigenvalue weighted by molar-refractivity contribution is 0.0677. The van der Waals surface area contributed by atoms with E-state index in [9.17, 15) is 9.90 Å². The second kappa shape index (κ2) is 10.2. The number of hydrogen-bond donors (Lipinski definition) is 2. The fraction of sp³-hybridized carbons (Fsp3) is 0.385. The van der Waals surface area contributed by atoms with Crippen LogP contribution in [0.5, 0.6) is 17.2 Å². The van der Waals surface area contributed by atoms with E-state index in [1.165, 1.54) is 0 Å². The van der Waals surface area contributed by atoms with E-state index in [1.54, 1.807) is 37.3 Å². The van der Waals surface area contributed by atoms with E-state index < -0.39 is 6.04 Å². The van der Waals surface area contributed by atoms with Gasteiger partial charge in [0.05, 0.1) is 26.4 Å². The minimum absolute atomic E-state index is 0.102. The fourth-order valence-corrected chi connectivity index (χ4v) is 4.22. The van der Waals surface area contributed by atoms with Crippen LogP contribution in [0.4, 0.5) is 0 Å². The Hall–Kier alpha value is -3.52. The molecular weight excluding hydrogens is 434 g/mol. The first-order chi connectivity index (χ1) is 16.5. The van der Waals surface area contributed by atoms with Crippen LogP contribution >= 0.6 is 0 Å². The summed E-state index contributed by atoms with van der Waals surface area (Å²) in [4.78, 5) is 15.1. The molecule has 1 aliphatic rings. The van der Waals surface area contributed by atoms with Crippen molar-refractivity contribution < 1.29 is 24.1 Å². The largest absolute Gasteiger partial charge is 0.507 e. The molecule has 1 atom stereocenters. The highest BCUT2D eigenvalue weighted by Gasteiger charge is 2.42. The first kappa shape index (κ1) is 23.6. The maximum absolute atomic E-state index is 13.3. The Balaban J connectivity index is 1.77. The molecular formula is C26H31N3O5. The summed E-state index contributed by atoms with van der Waals surface area (Å²) in [5, 5.41) is 17.8. The third-order valence-corrected chi connectivity index (χ3v) is 6.02. The molecule has 1 aromatic heterocycles. The number of phenolic OH excluding ortho intramolecular Hbond substituents is 1. The molecule has 0 fully saturated rings. The van der Waals surface area contributed by atoms with Crippen molar-refractivity contribution in [3.05, 3.63) is 59.3 Å². The lowest BCUT2D eigenvalue weighted by Crippen LogP contribution is -2.32. The summed E-state index contributed by atoms with van der Waals surface area (Å²) in [5.74, 6) is 1.73. The van der Waals surface area contributed by atoms with Crippen LogP contribution in [0.15, 0.2) is 42.5 Å². The van der Waals surface area contributed by atoms with Crippen molar-refractivity contribution in [2.45, 2.75) is 26.3 Å². The summed E-state index contributed by atoms with van der Waals surface area (Å²) in [7, 11) is 3.21. The van der Waals surface area contributed by atoms with Gasteiger partial charge in [0.1, 0.15) is 17.1 Å². The predicted molar refractivity (Wildman–Crippen MR) is 128 cm³/mol. The van der Waals surface area contributed by atoms with Crippen LogP contribution in [0.1, 0.15) is 47.9 Å². The summed E-state index contributed by atoms with van der Waals surface area (Å²) >= 11 is 0. The molecule has 0 aliphatic carbocycles. The van der Waals surface area contributed by atoms with Gasteiger partial charge in [-0.25, -0.2) is 0 Å². The van der Waals surface area contributed by atoms with E-state index in [1.807, 2.05) is 24.3 Å². The molecule has 4 rings (SSSR count). The van der Waals surface area contributed by atoms with Crippen LogP contribution in [0, 0.1) is 5.92 Å². The smallest absolute Gasteiger partial charge is 0.273 e. The third kappa shape index (κ3) is 4.46. The van der Waals surface area contributed by atoms with Crippen molar-refractivity contribution in [3.63, 3.8) is 0 Å². The maximum Gasteiger partial charge on any atom is 0.273 e. The van der Waals surface area contributed by atoms with Crippen molar-refractivity contribution in [2.75, 3.05) is 34.0 Å². The van der Waals surface area contributed by atoms with Gasteiger partial charge in [0.2, 0.25) is 0 Å². The topological polar surface area (TPSA) is 96.9 Å². The summed E-state index contributed by atoms with van der Waals surface area (Å²) in [5.41, 5.74) is 3.10. The zero-order chi connectivity index (χ0) is 24.2. The van der Waals surface area contributed by atoms with E-state index >= 15 is 0 Å². The highest BCUT2D eigenvalue weighted by Crippen LogP contribution is 2.45. The molecule has 1 unspecified atom stereocenters. The number of phenols is 1. The Bertz CT molecular complexity index is 1160. The zero-order valence-electron chi connectivity index (χ0n) is 20.0. The van der Waals surface area contributed by atoms with Gasteiger partial charge in [-0.05, 0) is 42.2 Å². The van der Waals surface area contributed by atoms with Crippen LogP contribution in [0.25, 0.3) is 11.3 Å². The molecule has 0 saturated heterocycles. The number of amides is 1. The first-order valence-electron chi connectivity index (χ1n) is 11.4. The number of ether oxygens (including phenoxy) is 3. The number of H-pyrrole nitrogens is 1. The normalized spacial score (nSPS) is 15.1. The molecule has 0 bridgehead atoms. The van der Waals surface area contributed by atoms with Gasteiger partial charge in [0.15, 0.2) is 11.5 Å². The molecule has 2 aromatic carbocycles. The van der Waals surface area contributed by atoms with Gasteiger partial charge < -0.3 is 24.2 Å². The quantitative estimate of drug-likeness (QED) is 0.460. The number of para-hydroxylation sites is 1. The Morgan fingerprint density at radius 2 is 1.91 bits per heavy atom. The second-order valence-corrected chi connectivity index (χ2v) is 8.71. The van der Waals surface area contributed by atoms with Crippen LogP contribution in [0.3, 0.4) is 0 Å². The molecule has 3 aromatic rings. The van der Waals surface area contributed by atoms with Crippen LogP contribution < -0.4 is 9.47 Å². The molecule has 0 spiro atoms. The van der Waals surface area contributed by atoms with Gasteiger partial charge in [-0.1, -0.05) is 32.0 Å². The number of rotatable bonds is 10. The predicted octanol–water partition coefficient (Wildman–Crippen LogP) is 4.41. The monoisotopic (exact) mass is 465 g/mol. The number of benzene rings is 2. The minimum Gasteiger partial charge on any atom is -0.507 e. The van der Waals surface area contributed by atoms with Gasteiger partial charge in [-0.15, -0.1) is 0 Å². The molecule has 8 heteroatoms. The van der Waals surface area contributed by atoms with E-state index in [4.69, 9.17) is 14.2 Å². The summed E-state index contributed by atoms with van der Waals surface area (Å²) in [6.45, 7) is 5.69. The lowest BCUT2D eigenvalue weighted by Gasteiger charge is -2.26. The van der Waals surface area contributed by atoms with Crippen molar-refractivity contribution in [1.82, 2.24) is 15.1 Å². The molecule has 2 heterocycles. The number of carbonyl (C=O) groups is 1. The number of nitrogens with one attached hydrogen (secondary N) is 1. The highest BCUT2D eigenvalue weighted by atomic mass is 16.5. The van der Waals surface area contributed by atoms with E-state index in [0.29, 0.717) is 54.1 Å². The van der Waals surface area contributed by atoms with E-state index in [0.717, 1.165) is 17.5 Å². The molecule has 1 amide bonds.